The van der Waals surface area contributed by atoms with Crippen LogP contribution in [0.3, 0.4) is 0 Å². The Morgan fingerprint density at radius 2 is 2.19 bits per heavy atom. The lowest BCUT2D eigenvalue weighted by Gasteiger charge is -2.09. The van der Waals surface area contributed by atoms with Gasteiger partial charge in [-0.3, -0.25) is 0 Å². The van der Waals surface area contributed by atoms with Crippen LogP contribution >= 0.6 is 0 Å². The molecule has 0 radical (unpaired) electrons. The van der Waals surface area contributed by atoms with E-state index in [1.807, 2.05) is 12.1 Å². The Hall–Kier alpha value is -1.26. The summed E-state index contributed by atoms with van der Waals surface area (Å²) in [5, 5.41) is 2.25. The quantitative estimate of drug-likeness (QED) is 0.792. The SMILES string of the molecule is COC[C@@H](C)[NH2+]Cc1ccc2c(c1)OCO2. The fourth-order valence-electron chi connectivity index (χ4n) is 1.74. The van der Waals surface area contributed by atoms with E-state index in [0.29, 0.717) is 12.8 Å². The molecule has 88 valence electrons. The van der Waals surface area contributed by atoms with E-state index in [-0.39, 0.29) is 0 Å². The van der Waals surface area contributed by atoms with Crippen molar-refractivity contribution in [3.8, 4) is 11.5 Å². The third-order valence-electron chi connectivity index (χ3n) is 2.62. The van der Waals surface area contributed by atoms with Crippen molar-refractivity contribution in [1.29, 1.82) is 0 Å². The first-order valence-electron chi connectivity index (χ1n) is 5.50. The van der Waals surface area contributed by atoms with Gasteiger partial charge in [-0.25, -0.2) is 0 Å². The molecule has 2 N–H and O–H groups in total. The Morgan fingerprint density at radius 1 is 1.38 bits per heavy atom. The molecule has 0 bridgehead atoms. The lowest BCUT2D eigenvalue weighted by molar-refractivity contribution is -0.702. The van der Waals surface area contributed by atoms with Crippen molar-refractivity contribution < 1.29 is 19.5 Å². The number of ether oxygens (including phenoxy) is 3. The summed E-state index contributed by atoms with van der Waals surface area (Å²) in [6, 6.07) is 6.55. The van der Waals surface area contributed by atoms with Crippen molar-refractivity contribution in [2.45, 2.75) is 19.5 Å². The number of benzene rings is 1. The molecular formula is C12H18NO3+. The summed E-state index contributed by atoms with van der Waals surface area (Å²) < 4.78 is 15.7. The summed E-state index contributed by atoms with van der Waals surface area (Å²) in [5.41, 5.74) is 1.24. The van der Waals surface area contributed by atoms with Crippen LogP contribution < -0.4 is 14.8 Å². The van der Waals surface area contributed by atoms with E-state index in [9.17, 15) is 0 Å². The fraction of sp³-hybridized carbons (Fsp3) is 0.500. The van der Waals surface area contributed by atoms with Gasteiger partial charge in [0.05, 0.1) is 6.61 Å². The van der Waals surface area contributed by atoms with Gasteiger partial charge in [0.2, 0.25) is 6.79 Å². The second kappa shape index (κ2) is 5.18. The highest BCUT2D eigenvalue weighted by atomic mass is 16.7. The van der Waals surface area contributed by atoms with Crippen LogP contribution in [0.5, 0.6) is 11.5 Å². The molecule has 0 saturated heterocycles. The minimum absolute atomic E-state index is 0.336. The Morgan fingerprint density at radius 3 is 3.00 bits per heavy atom. The molecule has 2 rings (SSSR count). The predicted octanol–water partition coefficient (Wildman–Crippen LogP) is 0.514. The van der Waals surface area contributed by atoms with E-state index in [0.717, 1.165) is 24.7 Å². The van der Waals surface area contributed by atoms with Crippen molar-refractivity contribution in [2.75, 3.05) is 20.5 Å². The third-order valence-corrected chi connectivity index (χ3v) is 2.62. The molecule has 4 nitrogen and oxygen atoms in total. The zero-order valence-electron chi connectivity index (χ0n) is 9.73. The minimum Gasteiger partial charge on any atom is -0.454 e. The first kappa shape index (κ1) is 11.2. The molecule has 0 saturated carbocycles. The molecule has 0 aliphatic carbocycles. The van der Waals surface area contributed by atoms with Gasteiger partial charge in [0.25, 0.3) is 0 Å². The van der Waals surface area contributed by atoms with Crippen molar-refractivity contribution in [3.05, 3.63) is 23.8 Å². The van der Waals surface area contributed by atoms with Crippen molar-refractivity contribution in [2.24, 2.45) is 0 Å². The first-order chi connectivity index (χ1) is 7.79. The molecule has 16 heavy (non-hydrogen) atoms. The maximum Gasteiger partial charge on any atom is 0.231 e. The molecule has 0 unspecified atom stereocenters. The topological polar surface area (TPSA) is 44.3 Å². The summed E-state index contributed by atoms with van der Waals surface area (Å²) in [5.74, 6) is 1.69. The van der Waals surface area contributed by atoms with Crippen LogP contribution in [0.15, 0.2) is 18.2 Å². The molecule has 1 aromatic carbocycles. The van der Waals surface area contributed by atoms with Crippen LogP contribution in [0.4, 0.5) is 0 Å². The van der Waals surface area contributed by atoms with Crippen LogP contribution in [0, 0.1) is 0 Å². The van der Waals surface area contributed by atoms with E-state index < -0.39 is 0 Å². The van der Waals surface area contributed by atoms with E-state index >= 15 is 0 Å². The summed E-state index contributed by atoms with van der Waals surface area (Å²) in [4.78, 5) is 0. The molecule has 1 aromatic rings. The lowest BCUT2D eigenvalue weighted by atomic mass is 10.2. The lowest BCUT2D eigenvalue weighted by Crippen LogP contribution is -2.88. The number of methoxy groups -OCH3 is 1. The summed E-state index contributed by atoms with van der Waals surface area (Å²) >= 11 is 0. The number of fused-ring (bicyclic) bond motifs is 1. The maximum atomic E-state index is 5.33. The highest BCUT2D eigenvalue weighted by molar-refractivity contribution is 5.44. The van der Waals surface area contributed by atoms with Gasteiger partial charge in [0, 0.05) is 12.7 Å². The van der Waals surface area contributed by atoms with Crippen LogP contribution in [-0.2, 0) is 11.3 Å². The molecule has 1 heterocycles. The third kappa shape index (κ3) is 2.65. The molecule has 1 atom stereocenters. The Bertz CT molecular complexity index is 354. The molecule has 0 aromatic heterocycles. The zero-order valence-corrected chi connectivity index (χ0v) is 9.73. The second-order valence-electron chi connectivity index (χ2n) is 4.06. The fourth-order valence-corrected chi connectivity index (χ4v) is 1.74. The zero-order chi connectivity index (χ0) is 11.4. The van der Waals surface area contributed by atoms with Gasteiger partial charge in [-0.1, -0.05) is 0 Å². The van der Waals surface area contributed by atoms with E-state index in [4.69, 9.17) is 14.2 Å². The average Bonchev–Trinajstić information content (AvgIpc) is 2.74. The molecular weight excluding hydrogens is 206 g/mol. The number of rotatable bonds is 5. The smallest absolute Gasteiger partial charge is 0.231 e. The summed E-state index contributed by atoms with van der Waals surface area (Å²) in [6.07, 6.45) is 0. The Balaban J connectivity index is 1.90. The molecule has 0 spiro atoms. The first-order valence-corrected chi connectivity index (χ1v) is 5.50. The van der Waals surface area contributed by atoms with E-state index in [2.05, 4.69) is 18.3 Å². The number of nitrogens with two attached hydrogens (primary N) is 1. The van der Waals surface area contributed by atoms with Crippen LogP contribution in [-0.4, -0.2) is 26.6 Å². The van der Waals surface area contributed by atoms with Crippen LogP contribution in [0.2, 0.25) is 0 Å². The van der Waals surface area contributed by atoms with Gasteiger partial charge in [0.1, 0.15) is 12.6 Å². The number of quaternary nitrogens is 1. The molecule has 1 aliphatic rings. The normalized spacial score (nSPS) is 15.1. The highest BCUT2D eigenvalue weighted by Gasteiger charge is 2.14. The average molecular weight is 224 g/mol. The van der Waals surface area contributed by atoms with Crippen LogP contribution in [0.25, 0.3) is 0 Å². The Kier molecular flexibility index (Phi) is 3.64. The van der Waals surface area contributed by atoms with Gasteiger partial charge in [-0.15, -0.1) is 0 Å². The highest BCUT2D eigenvalue weighted by Crippen LogP contribution is 2.32. The van der Waals surface area contributed by atoms with Gasteiger partial charge in [-0.05, 0) is 25.1 Å². The van der Waals surface area contributed by atoms with Gasteiger partial charge in [0.15, 0.2) is 11.5 Å². The van der Waals surface area contributed by atoms with E-state index in [1.165, 1.54) is 5.56 Å². The summed E-state index contributed by atoms with van der Waals surface area (Å²) in [7, 11) is 1.73. The van der Waals surface area contributed by atoms with Crippen molar-refractivity contribution >= 4 is 0 Å². The molecule has 0 fully saturated rings. The van der Waals surface area contributed by atoms with E-state index in [1.54, 1.807) is 7.11 Å². The van der Waals surface area contributed by atoms with Gasteiger partial charge < -0.3 is 19.5 Å². The number of hydrogen-bond donors (Lipinski definition) is 1. The van der Waals surface area contributed by atoms with Gasteiger partial charge in [-0.2, -0.15) is 0 Å². The minimum atomic E-state index is 0.336. The molecule has 4 heteroatoms. The molecule has 1 aliphatic heterocycles. The second-order valence-corrected chi connectivity index (χ2v) is 4.06. The molecule has 0 amide bonds. The van der Waals surface area contributed by atoms with Crippen LogP contribution in [0.1, 0.15) is 12.5 Å². The summed E-state index contributed by atoms with van der Waals surface area (Å²) in [6.45, 7) is 4.19. The van der Waals surface area contributed by atoms with Crippen molar-refractivity contribution in [3.63, 3.8) is 0 Å². The monoisotopic (exact) mass is 224 g/mol. The predicted molar refractivity (Wildman–Crippen MR) is 59.5 cm³/mol. The maximum absolute atomic E-state index is 5.33. The largest absolute Gasteiger partial charge is 0.454 e. The van der Waals surface area contributed by atoms with Gasteiger partial charge >= 0.3 is 0 Å². The Labute approximate surface area is 95.5 Å². The number of hydrogen-bond acceptors (Lipinski definition) is 3. The van der Waals surface area contributed by atoms with Crippen molar-refractivity contribution in [1.82, 2.24) is 0 Å². The standard InChI is InChI=1S/C12H17NO3/c1-9(7-14-2)13-6-10-3-4-11-12(5-10)16-8-15-11/h3-5,9,13H,6-8H2,1-2H3/p+1/t9-/m1/s1.